The molecule has 0 N–H and O–H groups in total. The number of benzene rings is 1. The van der Waals surface area contributed by atoms with Crippen LogP contribution in [0.3, 0.4) is 0 Å². The molecule has 0 aliphatic carbocycles. The first-order valence-corrected chi connectivity index (χ1v) is 6.63. The van der Waals surface area contributed by atoms with E-state index in [0.29, 0.717) is 5.25 Å². The highest BCUT2D eigenvalue weighted by molar-refractivity contribution is 8.00. The highest BCUT2D eigenvalue weighted by Gasteiger charge is 2.19. The molecule has 84 valence electrons. The van der Waals surface area contributed by atoms with Crippen molar-refractivity contribution in [2.45, 2.75) is 19.1 Å². The highest BCUT2D eigenvalue weighted by atomic mass is 32.2. The standard InChI is InChI=1S/C13H16N2S/c1-10-3-4-13(12(7-10)8-14)15-5-6-16-11(2)9-15/h3-4,7,11H,5-6,9H2,1-2H3. The Morgan fingerprint density at radius 1 is 1.50 bits per heavy atom. The monoisotopic (exact) mass is 232 g/mol. The number of nitriles is 1. The third kappa shape index (κ3) is 2.33. The number of anilines is 1. The summed E-state index contributed by atoms with van der Waals surface area (Å²) in [6, 6.07) is 8.44. The van der Waals surface area contributed by atoms with Gasteiger partial charge in [-0.05, 0) is 24.6 Å². The first kappa shape index (κ1) is 11.3. The van der Waals surface area contributed by atoms with E-state index in [4.69, 9.17) is 5.26 Å². The number of rotatable bonds is 1. The maximum absolute atomic E-state index is 9.16. The zero-order valence-corrected chi connectivity index (χ0v) is 10.5. The van der Waals surface area contributed by atoms with Crippen molar-refractivity contribution in [2.75, 3.05) is 23.7 Å². The van der Waals surface area contributed by atoms with Crippen molar-refractivity contribution in [1.82, 2.24) is 0 Å². The van der Waals surface area contributed by atoms with Gasteiger partial charge in [0.2, 0.25) is 0 Å². The van der Waals surface area contributed by atoms with Crippen LogP contribution in [0, 0.1) is 18.3 Å². The Morgan fingerprint density at radius 2 is 2.31 bits per heavy atom. The maximum Gasteiger partial charge on any atom is 0.101 e. The van der Waals surface area contributed by atoms with Crippen molar-refractivity contribution < 1.29 is 0 Å². The molecule has 1 aromatic rings. The number of thioether (sulfide) groups is 1. The number of hydrogen-bond donors (Lipinski definition) is 0. The van der Waals surface area contributed by atoms with Gasteiger partial charge >= 0.3 is 0 Å². The van der Waals surface area contributed by atoms with Crippen molar-refractivity contribution in [2.24, 2.45) is 0 Å². The second-order valence-corrected chi connectivity index (χ2v) is 5.81. The summed E-state index contributed by atoms with van der Waals surface area (Å²) in [5, 5.41) is 9.81. The van der Waals surface area contributed by atoms with Gasteiger partial charge in [-0.1, -0.05) is 13.0 Å². The van der Waals surface area contributed by atoms with E-state index in [9.17, 15) is 0 Å². The smallest absolute Gasteiger partial charge is 0.101 e. The average molecular weight is 232 g/mol. The maximum atomic E-state index is 9.16. The van der Waals surface area contributed by atoms with Crippen LogP contribution in [0.5, 0.6) is 0 Å². The molecule has 1 aliphatic rings. The molecule has 2 rings (SSSR count). The molecule has 1 aromatic carbocycles. The molecule has 0 spiro atoms. The zero-order chi connectivity index (χ0) is 11.5. The van der Waals surface area contributed by atoms with Gasteiger partial charge in [0.15, 0.2) is 0 Å². The minimum absolute atomic E-state index is 0.654. The molecular formula is C13H16N2S. The van der Waals surface area contributed by atoms with Gasteiger partial charge in [-0.15, -0.1) is 0 Å². The van der Waals surface area contributed by atoms with Gasteiger partial charge in [0.05, 0.1) is 11.3 Å². The molecular weight excluding hydrogens is 216 g/mol. The van der Waals surface area contributed by atoms with Gasteiger partial charge in [-0.3, -0.25) is 0 Å². The molecule has 2 nitrogen and oxygen atoms in total. The van der Waals surface area contributed by atoms with Gasteiger partial charge in [0.1, 0.15) is 6.07 Å². The molecule has 16 heavy (non-hydrogen) atoms. The van der Waals surface area contributed by atoms with E-state index < -0.39 is 0 Å². The van der Waals surface area contributed by atoms with E-state index in [-0.39, 0.29) is 0 Å². The molecule has 1 aliphatic heterocycles. The van der Waals surface area contributed by atoms with Crippen molar-refractivity contribution in [3.8, 4) is 6.07 Å². The molecule has 1 atom stereocenters. The van der Waals surface area contributed by atoms with Crippen molar-refractivity contribution in [3.63, 3.8) is 0 Å². The summed E-state index contributed by atoms with van der Waals surface area (Å²) in [6.45, 7) is 6.37. The van der Waals surface area contributed by atoms with Crippen LogP contribution >= 0.6 is 11.8 Å². The Labute approximate surface area is 101 Å². The topological polar surface area (TPSA) is 27.0 Å². The molecule has 1 saturated heterocycles. The van der Waals surface area contributed by atoms with Crippen molar-refractivity contribution in [1.29, 1.82) is 5.26 Å². The summed E-state index contributed by atoms with van der Waals surface area (Å²) >= 11 is 2.01. The molecule has 0 saturated carbocycles. The van der Waals surface area contributed by atoms with E-state index in [1.165, 1.54) is 0 Å². The lowest BCUT2D eigenvalue weighted by atomic mass is 10.1. The number of hydrogen-bond acceptors (Lipinski definition) is 3. The van der Waals surface area contributed by atoms with E-state index >= 15 is 0 Å². The van der Waals surface area contributed by atoms with Gasteiger partial charge in [-0.25, -0.2) is 0 Å². The van der Waals surface area contributed by atoms with Crippen LogP contribution in [0.4, 0.5) is 5.69 Å². The Bertz CT molecular complexity index is 422. The van der Waals surface area contributed by atoms with Gasteiger partial charge in [0.25, 0.3) is 0 Å². The fourth-order valence-electron chi connectivity index (χ4n) is 2.05. The second-order valence-electron chi connectivity index (χ2n) is 4.26. The van der Waals surface area contributed by atoms with E-state index in [0.717, 1.165) is 35.7 Å². The lowest BCUT2D eigenvalue weighted by Gasteiger charge is -2.33. The Balaban J connectivity index is 2.29. The third-order valence-electron chi connectivity index (χ3n) is 2.85. The third-order valence-corrected chi connectivity index (χ3v) is 3.99. The summed E-state index contributed by atoms with van der Waals surface area (Å²) in [6.07, 6.45) is 0. The first-order valence-electron chi connectivity index (χ1n) is 5.58. The fourth-order valence-corrected chi connectivity index (χ4v) is 3.07. The highest BCUT2D eigenvalue weighted by Crippen LogP contribution is 2.27. The van der Waals surface area contributed by atoms with Gasteiger partial charge < -0.3 is 4.90 Å². The van der Waals surface area contributed by atoms with Crippen LogP contribution in [0.25, 0.3) is 0 Å². The van der Waals surface area contributed by atoms with E-state index in [1.807, 2.05) is 24.8 Å². The Kier molecular flexibility index (Phi) is 3.40. The molecule has 3 heteroatoms. The predicted molar refractivity (Wildman–Crippen MR) is 70.0 cm³/mol. The first-order chi connectivity index (χ1) is 7.70. The molecule has 0 amide bonds. The second kappa shape index (κ2) is 4.80. The lowest BCUT2D eigenvalue weighted by Crippen LogP contribution is -2.37. The molecule has 0 aromatic heterocycles. The van der Waals surface area contributed by atoms with Crippen LogP contribution in [-0.4, -0.2) is 24.1 Å². The SMILES string of the molecule is Cc1ccc(N2CCSC(C)C2)c(C#N)c1. The average Bonchev–Trinajstić information content (AvgIpc) is 2.28. The van der Waals surface area contributed by atoms with Crippen molar-refractivity contribution >= 4 is 17.4 Å². The number of nitrogens with zero attached hydrogens (tertiary/aromatic N) is 2. The van der Waals surface area contributed by atoms with Gasteiger partial charge in [-0.2, -0.15) is 17.0 Å². The Hall–Kier alpha value is -1.14. The zero-order valence-electron chi connectivity index (χ0n) is 9.73. The molecule has 0 radical (unpaired) electrons. The molecule has 1 unspecified atom stereocenters. The minimum atomic E-state index is 0.654. The predicted octanol–water partition coefficient (Wildman–Crippen LogP) is 2.81. The summed E-state index contributed by atoms with van der Waals surface area (Å²) < 4.78 is 0. The van der Waals surface area contributed by atoms with E-state index in [2.05, 4.69) is 30.0 Å². The fraction of sp³-hybridized carbons (Fsp3) is 0.462. The lowest BCUT2D eigenvalue weighted by molar-refractivity contribution is 0.782. The summed E-state index contributed by atoms with van der Waals surface area (Å²) in [7, 11) is 0. The minimum Gasteiger partial charge on any atom is -0.369 e. The van der Waals surface area contributed by atoms with Crippen LogP contribution in [0.1, 0.15) is 18.1 Å². The summed E-state index contributed by atoms with van der Waals surface area (Å²) in [5.74, 6) is 1.15. The summed E-state index contributed by atoms with van der Waals surface area (Å²) in [5.41, 5.74) is 3.05. The normalized spacial score (nSPS) is 20.6. The van der Waals surface area contributed by atoms with Crippen LogP contribution in [0.2, 0.25) is 0 Å². The molecule has 1 heterocycles. The Morgan fingerprint density at radius 3 is 3.00 bits per heavy atom. The van der Waals surface area contributed by atoms with Crippen LogP contribution in [0.15, 0.2) is 18.2 Å². The van der Waals surface area contributed by atoms with Crippen LogP contribution in [-0.2, 0) is 0 Å². The van der Waals surface area contributed by atoms with Crippen LogP contribution < -0.4 is 4.90 Å². The molecule has 1 fully saturated rings. The summed E-state index contributed by atoms with van der Waals surface area (Å²) in [4.78, 5) is 2.33. The largest absolute Gasteiger partial charge is 0.369 e. The number of aryl methyl sites for hydroxylation is 1. The quantitative estimate of drug-likeness (QED) is 0.745. The van der Waals surface area contributed by atoms with Crippen molar-refractivity contribution in [3.05, 3.63) is 29.3 Å². The molecule has 0 bridgehead atoms. The van der Waals surface area contributed by atoms with Gasteiger partial charge in [0, 0.05) is 24.1 Å². The van der Waals surface area contributed by atoms with E-state index in [1.54, 1.807) is 0 Å².